The second-order valence-corrected chi connectivity index (χ2v) is 6.81. The van der Waals surface area contributed by atoms with Gasteiger partial charge in [0.1, 0.15) is 5.75 Å². The summed E-state index contributed by atoms with van der Waals surface area (Å²) >= 11 is 0. The molecular formula is C18H20N2O2. The monoisotopic (exact) mass is 296 g/mol. The van der Waals surface area contributed by atoms with Crippen LogP contribution in [0.3, 0.4) is 0 Å². The summed E-state index contributed by atoms with van der Waals surface area (Å²) < 4.78 is 7.41. The largest absolute Gasteiger partial charge is 0.497 e. The number of carbonyl (C=O) groups is 1. The molecule has 0 spiro atoms. The predicted octanol–water partition coefficient (Wildman–Crippen LogP) is 3.00. The summed E-state index contributed by atoms with van der Waals surface area (Å²) in [6.07, 6.45) is 4.17. The molecule has 0 saturated carbocycles. The third-order valence-electron chi connectivity index (χ3n) is 5.80. The van der Waals surface area contributed by atoms with E-state index in [1.807, 2.05) is 10.6 Å². The lowest BCUT2D eigenvalue weighted by Crippen LogP contribution is -2.47. The van der Waals surface area contributed by atoms with Gasteiger partial charge in [-0.05, 0) is 55.5 Å². The second-order valence-electron chi connectivity index (χ2n) is 6.81. The van der Waals surface area contributed by atoms with Crippen molar-refractivity contribution in [3.63, 3.8) is 0 Å². The van der Waals surface area contributed by atoms with Gasteiger partial charge in [-0.15, -0.1) is 0 Å². The number of fused-ring (bicyclic) bond motifs is 3. The molecule has 0 aliphatic carbocycles. The van der Waals surface area contributed by atoms with Gasteiger partial charge in [0.25, 0.3) is 0 Å². The molecule has 0 unspecified atom stereocenters. The maximum absolute atomic E-state index is 12.8. The van der Waals surface area contributed by atoms with Crippen molar-refractivity contribution in [3.8, 4) is 5.75 Å². The molecule has 2 atom stereocenters. The average molecular weight is 296 g/mol. The van der Waals surface area contributed by atoms with E-state index in [2.05, 4.69) is 17.0 Å². The molecule has 0 bridgehead atoms. The van der Waals surface area contributed by atoms with Crippen molar-refractivity contribution in [1.29, 1.82) is 0 Å². The normalized spacial score (nSPS) is 27.0. The summed E-state index contributed by atoms with van der Waals surface area (Å²) in [5.41, 5.74) is 3.74. The molecule has 3 aliphatic heterocycles. The minimum atomic E-state index is 0.279. The first-order valence-electron chi connectivity index (χ1n) is 8.26. The molecule has 1 aromatic carbocycles. The second kappa shape index (κ2) is 4.35. The minimum absolute atomic E-state index is 0.279. The van der Waals surface area contributed by atoms with Gasteiger partial charge in [-0.3, -0.25) is 14.3 Å². The maximum Gasteiger partial charge on any atom is 0.231 e. The van der Waals surface area contributed by atoms with Crippen LogP contribution in [-0.4, -0.2) is 35.6 Å². The van der Waals surface area contributed by atoms with Gasteiger partial charge in [-0.2, -0.15) is 0 Å². The summed E-state index contributed by atoms with van der Waals surface area (Å²) in [5.74, 6) is 1.67. The van der Waals surface area contributed by atoms with E-state index in [1.54, 1.807) is 7.11 Å². The Bertz CT molecular complexity index is 792. The zero-order valence-electron chi connectivity index (χ0n) is 12.8. The van der Waals surface area contributed by atoms with E-state index < -0.39 is 0 Å². The Labute approximate surface area is 129 Å². The van der Waals surface area contributed by atoms with E-state index in [9.17, 15) is 4.79 Å². The standard InChI is InChI=1S/C18H20N2O2/c1-22-12-4-5-15-14(10-12)13-6-8-19-7-2-3-11-9-16(21)20(15)18(13)17(11)19/h4-5,10-11,17H,2-3,6-9H2,1H3/t11-,17+/m1/s1. The minimum Gasteiger partial charge on any atom is -0.497 e. The first-order valence-corrected chi connectivity index (χ1v) is 8.26. The molecule has 114 valence electrons. The van der Waals surface area contributed by atoms with E-state index in [4.69, 9.17) is 4.74 Å². The third-order valence-corrected chi connectivity index (χ3v) is 5.80. The van der Waals surface area contributed by atoms with Crippen LogP contribution in [0.2, 0.25) is 0 Å². The van der Waals surface area contributed by atoms with Crippen molar-refractivity contribution in [1.82, 2.24) is 9.47 Å². The molecule has 0 radical (unpaired) electrons. The quantitative estimate of drug-likeness (QED) is 0.811. The molecule has 2 aromatic rings. The molecule has 4 heterocycles. The Morgan fingerprint density at radius 1 is 1.27 bits per heavy atom. The topological polar surface area (TPSA) is 34.5 Å². The maximum atomic E-state index is 12.8. The van der Waals surface area contributed by atoms with Crippen LogP contribution in [0.25, 0.3) is 10.9 Å². The van der Waals surface area contributed by atoms with Crippen molar-refractivity contribution in [2.75, 3.05) is 20.2 Å². The van der Waals surface area contributed by atoms with Crippen molar-refractivity contribution < 1.29 is 9.53 Å². The highest BCUT2D eigenvalue weighted by Gasteiger charge is 2.44. The fourth-order valence-electron chi connectivity index (χ4n) is 4.91. The summed E-state index contributed by atoms with van der Waals surface area (Å²) in [4.78, 5) is 15.4. The molecule has 0 amide bonds. The molecule has 1 aromatic heterocycles. The molecule has 3 aliphatic rings. The Morgan fingerprint density at radius 2 is 2.18 bits per heavy atom. The van der Waals surface area contributed by atoms with Crippen LogP contribution in [0.5, 0.6) is 5.75 Å². The van der Waals surface area contributed by atoms with E-state index in [0.29, 0.717) is 18.4 Å². The van der Waals surface area contributed by atoms with Gasteiger partial charge in [0, 0.05) is 24.0 Å². The SMILES string of the molecule is COc1ccc2c(c1)c1c3n2C(=O)C[C@H]2CCCN(CC1)[C@H]32. The summed E-state index contributed by atoms with van der Waals surface area (Å²) in [6.45, 7) is 2.30. The highest BCUT2D eigenvalue weighted by molar-refractivity contribution is 5.98. The van der Waals surface area contributed by atoms with Crippen LogP contribution in [-0.2, 0) is 6.42 Å². The number of rotatable bonds is 1. The smallest absolute Gasteiger partial charge is 0.231 e. The number of piperidine rings is 1. The van der Waals surface area contributed by atoms with Gasteiger partial charge < -0.3 is 4.74 Å². The zero-order valence-corrected chi connectivity index (χ0v) is 12.8. The lowest BCUT2D eigenvalue weighted by molar-refractivity contribution is 0.0478. The van der Waals surface area contributed by atoms with Gasteiger partial charge in [0.2, 0.25) is 5.91 Å². The van der Waals surface area contributed by atoms with E-state index >= 15 is 0 Å². The molecule has 4 nitrogen and oxygen atoms in total. The fraction of sp³-hybridized carbons (Fsp3) is 0.500. The molecule has 0 N–H and O–H groups in total. The number of carbonyl (C=O) groups excluding carboxylic acids is 1. The summed E-state index contributed by atoms with van der Waals surface area (Å²) in [5, 5.41) is 1.22. The van der Waals surface area contributed by atoms with Crippen LogP contribution in [0, 0.1) is 5.92 Å². The van der Waals surface area contributed by atoms with Crippen LogP contribution in [0.1, 0.15) is 41.4 Å². The number of aromatic nitrogens is 1. The lowest BCUT2D eigenvalue weighted by atomic mass is 9.79. The van der Waals surface area contributed by atoms with Crippen molar-refractivity contribution in [2.45, 2.75) is 31.7 Å². The number of nitrogens with zero attached hydrogens (tertiary/aromatic N) is 2. The first kappa shape index (κ1) is 12.7. The first-order chi connectivity index (χ1) is 10.8. The number of ether oxygens (including phenoxy) is 1. The Kier molecular flexibility index (Phi) is 2.51. The van der Waals surface area contributed by atoms with E-state index in [-0.39, 0.29) is 5.91 Å². The predicted molar refractivity (Wildman–Crippen MR) is 84.5 cm³/mol. The molecular weight excluding hydrogens is 276 g/mol. The lowest BCUT2D eigenvalue weighted by Gasteiger charge is -2.46. The van der Waals surface area contributed by atoms with Gasteiger partial charge in [-0.1, -0.05) is 0 Å². The van der Waals surface area contributed by atoms with Gasteiger partial charge >= 0.3 is 0 Å². The molecule has 22 heavy (non-hydrogen) atoms. The Hall–Kier alpha value is -1.81. The van der Waals surface area contributed by atoms with Crippen molar-refractivity contribution >= 4 is 16.8 Å². The van der Waals surface area contributed by atoms with E-state index in [0.717, 1.165) is 24.2 Å². The third kappa shape index (κ3) is 1.48. The number of methoxy groups -OCH3 is 1. The van der Waals surface area contributed by atoms with Crippen LogP contribution >= 0.6 is 0 Å². The van der Waals surface area contributed by atoms with Crippen LogP contribution in [0.15, 0.2) is 18.2 Å². The van der Waals surface area contributed by atoms with Crippen molar-refractivity contribution in [3.05, 3.63) is 29.5 Å². The van der Waals surface area contributed by atoms with Gasteiger partial charge in [0.15, 0.2) is 0 Å². The molecule has 1 fully saturated rings. The average Bonchev–Trinajstić information content (AvgIpc) is 2.89. The summed E-state index contributed by atoms with van der Waals surface area (Å²) in [6, 6.07) is 6.58. The highest BCUT2D eigenvalue weighted by atomic mass is 16.5. The van der Waals surface area contributed by atoms with E-state index in [1.165, 1.54) is 36.0 Å². The number of hydrogen-bond acceptors (Lipinski definition) is 3. The Morgan fingerprint density at radius 3 is 3.05 bits per heavy atom. The number of benzene rings is 1. The van der Waals surface area contributed by atoms with Crippen LogP contribution in [0.4, 0.5) is 0 Å². The van der Waals surface area contributed by atoms with Gasteiger partial charge in [-0.25, -0.2) is 0 Å². The highest BCUT2D eigenvalue weighted by Crippen LogP contribution is 2.48. The molecule has 1 saturated heterocycles. The Balaban J connectivity index is 1.83. The molecule has 4 heteroatoms. The number of hydrogen-bond donors (Lipinski definition) is 0. The molecule has 5 rings (SSSR count). The summed E-state index contributed by atoms with van der Waals surface area (Å²) in [7, 11) is 1.70. The zero-order chi connectivity index (χ0) is 14.8. The van der Waals surface area contributed by atoms with Crippen molar-refractivity contribution in [2.24, 2.45) is 5.92 Å². The van der Waals surface area contributed by atoms with Gasteiger partial charge in [0.05, 0.1) is 18.7 Å². The fourth-order valence-corrected chi connectivity index (χ4v) is 4.91. The van der Waals surface area contributed by atoms with Crippen LogP contribution < -0.4 is 4.74 Å².